The van der Waals surface area contributed by atoms with E-state index in [2.05, 4.69) is 20.6 Å². The Labute approximate surface area is 247 Å². The number of likely N-dealkylation sites (tertiary alicyclic amines) is 1. The van der Waals surface area contributed by atoms with Crippen LogP contribution in [-0.4, -0.2) is 61.2 Å². The molecule has 0 unspecified atom stereocenters. The fourth-order valence-electron chi connectivity index (χ4n) is 5.56. The van der Waals surface area contributed by atoms with Crippen molar-refractivity contribution in [2.24, 2.45) is 11.7 Å². The number of benzene rings is 1. The van der Waals surface area contributed by atoms with Crippen LogP contribution in [0.25, 0.3) is 11.2 Å². The van der Waals surface area contributed by atoms with Crippen molar-refractivity contribution in [1.82, 2.24) is 24.4 Å². The van der Waals surface area contributed by atoms with Crippen LogP contribution in [0.1, 0.15) is 65.3 Å². The lowest BCUT2D eigenvalue weighted by molar-refractivity contribution is -0.122. The monoisotopic (exact) mass is 604 g/mol. The molecule has 1 saturated heterocycles. The Morgan fingerprint density at radius 3 is 2.43 bits per heavy atom. The number of nitrogens with two attached hydrogens (primary N) is 1. The van der Waals surface area contributed by atoms with Crippen LogP contribution >= 0.6 is 11.6 Å². The van der Waals surface area contributed by atoms with Gasteiger partial charge in [-0.05, 0) is 71.4 Å². The minimum absolute atomic E-state index is 0.0663. The van der Waals surface area contributed by atoms with Crippen molar-refractivity contribution < 1.29 is 23.1 Å². The number of hydrogen-bond donors (Lipinski definition) is 3. The molecule has 1 saturated carbocycles. The molecule has 4 N–H and O–H groups in total. The SMILES string of the molecule is CC(C)(C)OC(=O)N1CCC[C@@H](Nc2ncc3nc(Nc4c(F)cc(Cl)cc4F)n(C4CCC(C(N)=O)CC4)c3n2)C1. The number of rotatable bonds is 6. The molecule has 0 spiro atoms. The van der Waals surface area contributed by atoms with E-state index in [4.69, 9.17) is 27.1 Å². The van der Waals surface area contributed by atoms with E-state index < -0.39 is 22.9 Å². The summed E-state index contributed by atoms with van der Waals surface area (Å²) in [5, 5.41) is 6.06. The van der Waals surface area contributed by atoms with Crippen LogP contribution in [0.2, 0.25) is 5.02 Å². The van der Waals surface area contributed by atoms with Crippen LogP contribution in [0.5, 0.6) is 0 Å². The van der Waals surface area contributed by atoms with Gasteiger partial charge in [0.2, 0.25) is 17.8 Å². The van der Waals surface area contributed by atoms with Gasteiger partial charge in [-0.15, -0.1) is 0 Å². The smallest absolute Gasteiger partial charge is 0.410 e. The summed E-state index contributed by atoms with van der Waals surface area (Å²) in [5.41, 5.74) is 5.45. The van der Waals surface area contributed by atoms with E-state index in [1.54, 1.807) is 15.7 Å². The molecule has 0 bridgehead atoms. The summed E-state index contributed by atoms with van der Waals surface area (Å²) < 4.78 is 36.8. The molecule has 1 atom stereocenters. The Morgan fingerprint density at radius 2 is 1.79 bits per heavy atom. The number of hydrogen-bond acceptors (Lipinski definition) is 8. The van der Waals surface area contributed by atoms with E-state index in [1.165, 1.54) is 0 Å². The number of halogens is 3. The highest BCUT2D eigenvalue weighted by Gasteiger charge is 2.31. The zero-order valence-corrected chi connectivity index (χ0v) is 24.5. The second-order valence-electron chi connectivity index (χ2n) is 11.9. The Bertz CT molecular complexity index is 1460. The molecule has 226 valence electrons. The van der Waals surface area contributed by atoms with Gasteiger partial charge in [-0.3, -0.25) is 9.36 Å². The van der Waals surface area contributed by atoms with Crippen LogP contribution in [0, 0.1) is 17.6 Å². The number of imidazole rings is 1. The van der Waals surface area contributed by atoms with Crippen molar-refractivity contribution in [2.75, 3.05) is 23.7 Å². The van der Waals surface area contributed by atoms with E-state index in [9.17, 15) is 18.4 Å². The van der Waals surface area contributed by atoms with Gasteiger partial charge < -0.3 is 26.0 Å². The highest BCUT2D eigenvalue weighted by atomic mass is 35.5. The van der Waals surface area contributed by atoms with Gasteiger partial charge in [-0.1, -0.05) is 11.6 Å². The normalized spacial score (nSPS) is 21.3. The molecule has 2 amide bonds. The lowest BCUT2D eigenvalue weighted by Crippen LogP contribution is -2.47. The zero-order chi connectivity index (χ0) is 30.2. The maximum Gasteiger partial charge on any atom is 0.410 e. The van der Waals surface area contributed by atoms with Gasteiger partial charge in [-0.25, -0.2) is 23.5 Å². The maximum absolute atomic E-state index is 14.7. The Balaban J connectivity index is 1.44. The van der Waals surface area contributed by atoms with E-state index in [1.807, 2.05) is 20.8 Å². The topological polar surface area (TPSA) is 140 Å². The first-order chi connectivity index (χ1) is 19.9. The quantitative estimate of drug-likeness (QED) is 0.334. The van der Waals surface area contributed by atoms with Crippen molar-refractivity contribution >= 4 is 52.3 Å². The minimum atomic E-state index is -0.865. The van der Waals surface area contributed by atoms with E-state index >= 15 is 0 Å². The molecule has 1 aliphatic heterocycles. The average molecular weight is 605 g/mol. The summed E-state index contributed by atoms with van der Waals surface area (Å²) in [7, 11) is 0. The number of ether oxygens (including phenoxy) is 1. The maximum atomic E-state index is 14.7. The van der Waals surface area contributed by atoms with E-state index in [0.29, 0.717) is 55.9 Å². The van der Waals surface area contributed by atoms with Crippen LogP contribution in [0.3, 0.4) is 0 Å². The second kappa shape index (κ2) is 11.9. The Morgan fingerprint density at radius 1 is 1.10 bits per heavy atom. The van der Waals surface area contributed by atoms with E-state index in [0.717, 1.165) is 25.0 Å². The summed E-state index contributed by atoms with van der Waals surface area (Å²) >= 11 is 5.81. The van der Waals surface area contributed by atoms with Gasteiger partial charge in [0.15, 0.2) is 17.3 Å². The summed E-state index contributed by atoms with van der Waals surface area (Å²) in [6.07, 6.45) is 5.10. The largest absolute Gasteiger partial charge is 0.444 e. The van der Waals surface area contributed by atoms with Gasteiger partial charge >= 0.3 is 6.09 Å². The number of amides is 2. The molecule has 2 aliphatic rings. The lowest BCUT2D eigenvalue weighted by Gasteiger charge is -2.34. The van der Waals surface area contributed by atoms with Gasteiger partial charge in [0.1, 0.15) is 16.8 Å². The molecule has 2 aromatic heterocycles. The number of carbonyl (C=O) groups is 2. The van der Waals surface area contributed by atoms with E-state index in [-0.39, 0.29) is 41.0 Å². The Kier molecular flexibility index (Phi) is 8.40. The number of primary amides is 1. The third kappa shape index (κ3) is 6.66. The van der Waals surface area contributed by atoms with Gasteiger partial charge in [-0.2, -0.15) is 4.98 Å². The third-order valence-corrected chi connectivity index (χ3v) is 7.77. The molecular weight excluding hydrogens is 570 g/mol. The standard InChI is InChI=1S/C28H35ClF2N8O3/c1-28(2,3)42-27(41)38-10-4-5-17(14-38)34-25-33-13-21-24(37-25)39(18-8-6-15(7-9-18)23(32)40)26(35-21)36-22-19(30)11-16(29)12-20(22)31/h11-13,15,17-18H,4-10,14H2,1-3H3,(H2,32,40)(H,35,36)(H,33,34,37)/t15?,17-,18?/m1/s1. The van der Waals surface area contributed by atoms with Gasteiger partial charge in [0.05, 0.1) is 6.20 Å². The number of nitrogens with one attached hydrogen (secondary N) is 2. The summed E-state index contributed by atoms with van der Waals surface area (Å²) in [6.45, 7) is 6.51. The molecule has 11 nitrogen and oxygen atoms in total. The van der Waals surface area contributed by atoms with Crippen molar-refractivity contribution in [1.29, 1.82) is 0 Å². The summed E-state index contributed by atoms with van der Waals surface area (Å²) in [4.78, 5) is 39.8. The molecular formula is C28H35ClF2N8O3. The van der Waals surface area contributed by atoms with Gasteiger partial charge in [0.25, 0.3) is 0 Å². The third-order valence-electron chi connectivity index (χ3n) is 7.55. The molecule has 2 fully saturated rings. The van der Waals surface area contributed by atoms with Crippen LogP contribution in [0.15, 0.2) is 18.3 Å². The predicted molar refractivity (Wildman–Crippen MR) is 155 cm³/mol. The molecule has 14 heteroatoms. The molecule has 0 radical (unpaired) electrons. The fraction of sp³-hybridized carbons (Fsp3) is 0.536. The number of carbonyl (C=O) groups excluding carboxylic acids is 2. The fourth-order valence-corrected chi connectivity index (χ4v) is 5.75. The number of aromatic nitrogens is 4. The first-order valence-electron chi connectivity index (χ1n) is 14.1. The molecule has 3 heterocycles. The van der Waals surface area contributed by atoms with Crippen molar-refractivity contribution in [3.63, 3.8) is 0 Å². The van der Waals surface area contributed by atoms with Crippen molar-refractivity contribution in [3.8, 4) is 0 Å². The summed E-state index contributed by atoms with van der Waals surface area (Å²) in [5.74, 6) is -1.78. The zero-order valence-electron chi connectivity index (χ0n) is 23.8. The average Bonchev–Trinajstić information content (AvgIpc) is 3.27. The highest BCUT2D eigenvalue weighted by Crippen LogP contribution is 2.38. The minimum Gasteiger partial charge on any atom is -0.444 e. The van der Waals surface area contributed by atoms with Gasteiger partial charge in [0, 0.05) is 36.1 Å². The lowest BCUT2D eigenvalue weighted by atomic mass is 9.85. The van der Waals surface area contributed by atoms with Crippen LogP contribution in [-0.2, 0) is 9.53 Å². The summed E-state index contributed by atoms with van der Waals surface area (Å²) in [6, 6.07) is 1.77. The second-order valence-corrected chi connectivity index (χ2v) is 12.3. The number of nitrogens with zero attached hydrogens (tertiary/aromatic N) is 5. The van der Waals surface area contributed by atoms with Crippen molar-refractivity contribution in [2.45, 2.75) is 77.0 Å². The molecule has 5 rings (SSSR count). The Hall–Kier alpha value is -3.74. The molecule has 1 aliphatic carbocycles. The first kappa shape index (κ1) is 29.7. The predicted octanol–water partition coefficient (Wildman–Crippen LogP) is 5.53. The van der Waals surface area contributed by atoms with Crippen LogP contribution < -0.4 is 16.4 Å². The van der Waals surface area contributed by atoms with Crippen LogP contribution in [0.4, 0.5) is 31.2 Å². The number of fused-ring (bicyclic) bond motifs is 1. The highest BCUT2D eigenvalue weighted by molar-refractivity contribution is 6.30. The number of piperidine rings is 1. The molecule has 1 aromatic carbocycles. The van der Waals surface area contributed by atoms with Crippen molar-refractivity contribution in [3.05, 3.63) is 35.0 Å². The number of anilines is 3. The molecule has 42 heavy (non-hydrogen) atoms. The molecule has 3 aromatic rings. The first-order valence-corrected chi connectivity index (χ1v) is 14.5.